The molecule has 0 bridgehead atoms. The summed E-state index contributed by atoms with van der Waals surface area (Å²) in [6.07, 6.45) is 2.08. The third-order valence-electron chi connectivity index (χ3n) is 3.07. The molecular formula is C19H23NO2. The number of benzene rings is 2. The van der Waals surface area contributed by atoms with Crippen molar-refractivity contribution in [1.29, 1.82) is 0 Å². The monoisotopic (exact) mass is 297 g/mol. The maximum Gasteiger partial charge on any atom is 0.169 e. The van der Waals surface area contributed by atoms with Gasteiger partial charge in [-0.05, 0) is 39.2 Å². The summed E-state index contributed by atoms with van der Waals surface area (Å²) in [5.74, 6) is 2.33. The van der Waals surface area contributed by atoms with E-state index < -0.39 is 0 Å². The van der Waals surface area contributed by atoms with Crippen LogP contribution in [-0.4, -0.2) is 32.1 Å². The number of hydrogen-bond acceptors (Lipinski definition) is 3. The molecule has 0 spiro atoms. The average Bonchev–Trinajstić information content (AvgIpc) is 2.54. The van der Waals surface area contributed by atoms with E-state index in [9.17, 15) is 0 Å². The van der Waals surface area contributed by atoms with Crippen molar-refractivity contribution in [1.82, 2.24) is 4.90 Å². The average molecular weight is 297 g/mol. The van der Waals surface area contributed by atoms with Crippen molar-refractivity contribution in [2.24, 2.45) is 0 Å². The van der Waals surface area contributed by atoms with E-state index in [0.29, 0.717) is 6.61 Å². The summed E-state index contributed by atoms with van der Waals surface area (Å²) in [6.45, 7) is 3.39. The second-order valence-corrected chi connectivity index (χ2v) is 5.18. The van der Waals surface area contributed by atoms with Gasteiger partial charge in [0, 0.05) is 12.1 Å². The van der Waals surface area contributed by atoms with Crippen LogP contribution < -0.4 is 9.47 Å². The first-order chi connectivity index (χ1) is 10.7. The van der Waals surface area contributed by atoms with E-state index in [1.807, 2.05) is 75.6 Å². The number of rotatable bonds is 7. The van der Waals surface area contributed by atoms with Crippen LogP contribution in [0.3, 0.4) is 0 Å². The van der Waals surface area contributed by atoms with Gasteiger partial charge in [-0.2, -0.15) is 0 Å². The summed E-state index contributed by atoms with van der Waals surface area (Å²) in [5.41, 5.74) is 1.05. The van der Waals surface area contributed by atoms with Crippen molar-refractivity contribution >= 4 is 5.76 Å². The molecule has 0 atom stereocenters. The molecule has 3 nitrogen and oxygen atoms in total. The fourth-order valence-corrected chi connectivity index (χ4v) is 2.01. The molecule has 0 fully saturated rings. The minimum Gasteiger partial charge on any atom is -0.490 e. The van der Waals surface area contributed by atoms with Gasteiger partial charge in [0.2, 0.25) is 0 Å². The largest absolute Gasteiger partial charge is 0.490 e. The molecule has 0 amide bonds. The summed E-state index contributed by atoms with van der Waals surface area (Å²) in [6, 6.07) is 17.9. The molecule has 0 unspecified atom stereocenters. The molecule has 2 aromatic carbocycles. The van der Waals surface area contributed by atoms with E-state index in [4.69, 9.17) is 9.47 Å². The van der Waals surface area contributed by atoms with E-state index in [-0.39, 0.29) is 0 Å². The van der Waals surface area contributed by atoms with Crippen molar-refractivity contribution in [3.05, 3.63) is 66.2 Å². The van der Waals surface area contributed by atoms with Crippen LogP contribution in [0.1, 0.15) is 12.5 Å². The summed E-state index contributed by atoms with van der Waals surface area (Å²) in [7, 11) is 4.07. The normalized spacial score (nSPS) is 11.5. The van der Waals surface area contributed by atoms with Crippen LogP contribution in [0.15, 0.2) is 60.7 Å². The highest BCUT2D eigenvalue weighted by Gasteiger charge is 2.09. The van der Waals surface area contributed by atoms with Gasteiger partial charge >= 0.3 is 0 Å². The molecular weight excluding hydrogens is 274 g/mol. The Morgan fingerprint density at radius 2 is 1.59 bits per heavy atom. The Morgan fingerprint density at radius 1 is 0.955 bits per heavy atom. The van der Waals surface area contributed by atoms with Crippen molar-refractivity contribution in [3.8, 4) is 11.5 Å². The van der Waals surface area contributed by atoms with Gasteiger partial charge in [-0.15, -0.1) is 0 Å². The van der Waals surface area contributed by atoms with Crippen molar-refractivity contribution in [2.75, 3.05) is 27.2 Å². The topological polar surface area (TPSA) is 21.7 Å². The number of nitrogens with zero attached hydrogens (tertiary/aromatic N) is 1. The fourth-order valence-electron chi connectivity index (χ4n) is 2.01. The lowest BCUT2D eigenvalue weighted by Crippen LogP contribution is -2.12. The Kier molecular flexibility index (Phi) is 6.04. The van der Waals surface area contributed by atoms with E-state index in [1.54, 1.807) is 0 Å². The van der Waals surface area contributed by atoms with E-state index in [1.165, 1.54) is 0 Å². The Morgan fingerprint density at radius 3 is 2.23 bits per heavy atom. The molecule has 2 aromatic rings. The first kappa shape index (κ1) is 16.1. The standard InChI is InChI=1S/C19H23NO2/c1-4-21-18-12-8-9-13-19(18)22-17(14-15-20(2)3)16-10-6-5-7-11-16/h5-14H,4,15H2,1-3H3. The van der Waals surface area contributed by atoms with Crippen LogP contribution in [0.2, 0.25) is 0 Å². The number of hydrogen-bond donors (Lipinski definition) is 0. The van der Waals surface area contributed by atoms with Gasteiger partial charge in [0.15, 0.2) is 11.5 Å². The zero-order valence-corrected chi connectivity index (χ0v) is 13.5. The van der Waals surface area contributed by atoms with E-state index in [0.717, 1.165) is 29.4 Å². The van der Waals surface area contributed by atoms with Crippen molar-refractivity contribution in [2.45, 2.75) is 6.92 Å². The fraction of sp³-hybridized carbons (Fsp3) is 0.263. The Balaban J connectivity index is 2.29. The van der Waals surface area contributed by atoms with Gasteiger partial charge < -0.3 is 14.4 Å². The van der Waals surface area contributed by atoms with Crippen LogP contribution in [0, 0.1) is 0 Å². The minimum atomic E-state index is 0.614. The lowest BCUT2D eigenvalue weighted by atomic mass is 10.2. The summed E-state index contributed by atoms with van der Waals surface area (Å²) in [4.78, 5) is 2.10. The highest BCUT2D eigenvalue weighted by Crippen LogP contribution is 2.30. The molecule has 2 rings (SSSR count). The SMILES string of the molecule is CCOc1ccccc1OC(=CCN(C)C)c1ccccc1. The van der Waals surface area contributed by atoms with Crippen LogP contribution in [0.5, 0.6) is 11.5 Å². The molecule has 0 aliphatic heterocycles. The molecule has 0 saturated heterocycles. The van der Waals surface area contributed by atoms with E-state index in [2.05, 4.69) is 11.0 Å². The van der Waals surface area contributed by atoms with Gasteiger partial charge in [-0.1, -0.05) is 42.5 Å². The Bertz CT molecular complexity index is 606. The van der Waals surface area contributed by atoms with Gasteiger partial charge in [0.1, 0.15) is 5.76 Å². The van der Waals surface area contributed by atoms with Crippen LogP contribution in [0.25, 0.3) is 5.76 Å². The van der Waals surface area contributed by atoms with Gasteiger partial charge in [-0.3, -0.25) is 0 Å². The molecule has 0 aliphatic carbocycles. The Hall–Kier alpha value is -2.26. The predicted octanol–water partition coefficient (Wildman–Crippen LogP) is 4.07. The minimum absolute atomic E-state index is 0.614. The third kappa shape index (κ3) is 4.64. The lowest BCUT2D eigenvalue weighted by Gasteiger charge is -2.15. The van der Waals surface area contributed by atoms with Crippen molar-refractivity contribution < 1.29 is 9.47 Å². The quantitative estimate of drug-likeness (QED) is 0.719. The second kappa shape index (κ2) is 8.25. The zero-order valence-electron chi connectivity index (χ0n) is 13.5. The molecule has 0 N–H and O–H groups in total. The van der Waals surface area contributed by atoms with Gasteiger partial charge in [-0.25, -0.2) is 0 Å². The molecule has 3 heteroatoms. The predicted molar refractivity (Wildman–Crippen MR) is 91.2 cm³/mol. The molecule has 0 radical (unpaired) electrons. The number of para-hydroxylation sites is 2. The first-order valence-electron chi connectivity index (χ1n) is 7.50. The smallest absolute Gasteiger partial charge is 0.169 e. The molecule has 0 aliphatic rings. The molecule has 0 aromatic heterocycles. The summed E-state index contributed by atoms with van der Waals surface area (Å²) >= 11 is 0. The van der Waals surface area contributed by atoms with Crippen LogP contribution in [-0.2, 0) is 0 Å². The van der Waals surface area contributed by atoms with Gasteiger partial charge in [0.25, 0.3) is 0 Å². The molecule has 0 heterocycles. The van der Waals surface area contributed by atoms with Gasteiger partial charge in [0.05, 0.1) is 6.61 Å². The highest BCUT2D eigenvalue weighted by molar-refractivity contribution is 5.63. The van der Waals surface area contributed by atoms with E-state index >= 15 is 0 Å². The maximum atomic E-state index is 6.14. The number of likely N-dealkylation sites (N-methyl/N-ethyl adjacent to an activating group) is 1. The van der Waals surface area contributed by atoms with Crippen LogP contribution in [0.4, 0.5) is 0 Å². The van der Waals surface area contributed by atoms with Crippen molar-refractivity contribution in [3.63, 3.8) is 0 Å². The molecule has 22 heavy (non-hydrogen) atoms. The molecule has 0 saturated carbocycles. The molecule has 116 valence electrons. The number of ether oxygens (including phenoxy) is 2. The lowest BCUT2D eigenvalue weighted by molar-refractivity contribution is 0.324. The third-order valence-corrected chi connectivity index (χ3v) is 3.07. The van der Waals surface area contributed by atoms with Crippen LogP contribution >= 0.6 is 0 Å². The highest BCUT2D eigenvalue weighted by atomic mass is 16.5. The summed E-state index contributed by atoms with van der Waals surface area (Å²) in [5, 5.41) is 0. The first-order valence-corrected chi connectivity index (χ1v) is 7.50. The zero-order chi connectivity index (χ0) is 15.8. The summed E-state index contributed by atoms with van der Waals surface area (Å²) < 4.78 is 11.8. The maximum absolute atomic E-state index is 6.14. The second-order valence-electron chi connectivity index (χ2n) is 5.18. The Labute approximate surface area is 132 Å².